The third-order valence-electron chi connectivity index (χ3n) is 4.83. The molecule has 0 amide bonds. The van der Waals surface area contributed by atoms with E-state index in [0.717, 1.165) is 18.7 Å². The first kappa shape index (κ1) is 15.0. The fourth-order valence-electron chi connectivity index (χ4n) is 3.59. The van der Waals surface area contributed by atoms with E-state index < -0.39 is 10.0 Å². The summed E-state index contributed by atoms with van der Waals surface area (Å²) >= 11 is 0. The maximum Gasteiger partial charge on any atom is 0.243 e. The van der Waals surface area contributed by atoms with E-state index in [1.807, 2.05) is 12.1 Å². The summed E-state index contributed by atoms with van der Waals surface area (Å²) in [5.41, 5.74) is 1.12. The molecule has 5 heteroatoms. The van der Waals surface area contributed by atoms with Gasteiger partial charge in [-0.1, -0.05) is 25.5 Å². The molecule has 2 unspecified atom stereocenters. The minimum atomic E-state index is -3.31. The molecule has 0 bridgehead atoms. The second kappa shape index (κ2) is 6.07. The summed E-state index contributed by atoms with van der Waals surface area (Å²) in [6.45, 7) is 5.18. The number of rotatable bonds is 5. The number of sulfonamides is 1. The highest BCUT2D eigenvalue weighted by Crippen LogP contribution is 2.39. The van der Waals surface area contributed by atoms with Crippen molar-refractivity contribution in [2.75, 3.05) is 19.6 Å². The van der Waals surface area contributed by atoms with Crippen LogP contribution in [0, 0.1) is 11.8 Å². The Kier molecular flexibility index (Phi) is 4.33. The van der Waals surface area contributed by atoms with E-state index in [1.54, 1.807) is 16.4 Å². The van der Waals surface area contributed by atoms with Crippen LogP contribution in [0.1, 0.15) is 31.7 Å². The first-order valence-electron chi connectivity index (χ1n) is 7.91. The maximum atomic E-state index is 12.7. The molecule has 1 saturated carbocycles. The molecule has 1 heterocycles. The Morgan fingerprint density at radius 3 is 2.33 bits per heavy atom. The van der Waals surface area contributed by atoms with Gasteiger partial charge in [-0.3, -0.25) is 0 Å². The van der Waals surface area contributed by atoms with Crippen molar-refractivity contribution in [1.82, 2.24) is 9.62 Å². The molecule has 1 N–H and O–H groups in total. The average molecular weight is 308 g/mol. The van der Waals surface area contributed by atoms with E-state index in [4.69, 9.17) is 0 Å². The van der Waals surface area contributed by atoms with Gasteiger partial charge in [-0.05, 0) is 48.9 Å². The van der Waals surface area contributed by atoms with E-state index in [2.05, 4.69) is 12.2 Å². The topological polar surface area (TPSA) is 49.4 Å². The lowest BCUT2D eigenvalue weighted by atomic mass is 10.0. The smallest absolute Gasteiger partial charge is 0.243 e. The van der Waals surface area contributed by atoms with Crippen LogP contribution in [0.4, 0.5) is 0 Å². The number of hydrogen-bond acceptors (Lipinski definition) is 3. The van der Waals surface area contributed by atoms with Crippen molar-refractivity contribution in [3.63, 3.8) is 0 Å². The Balaban J connectivity index is 1.73. The van der Waals surface area contributed by atoms with Crippen LogP contribution in [0.15, 0.2) is 29.2 Å². The first-order valence-corrected chi connectivity index (χ1v) is 9.35. The molecule has 3 rings (SSSR count). The van der Waals surface area contributed by atoms with Crippen LogP contribution in [0.2, 0.25) is 0 Å². The molecular formula is C16H24N2O2S. The van der Waals surface area contributed by atoms with Crippen LogP contribution in [0.5, 0.6) is 0 Å². The summed E-state index contributed by atoms with van der Waals surface area (Å²) in [5, 5.41) is 3.24. The van der Waals surface area contributed by atoms with Gasteiger partial charge in [0.05, 0.1) is 4.90 Å². The summed E-state index contributed by atoms with van der Waals surface area (Å²) in [4.78, 5) is 0.433. The largest absolute Gasteiger partial charge is 0.313 e. The zero-order valence-electron chi connectivity index (χ0n) is 12.6. The monoisotopic (exact) mass is 308 g/mol. The predicted molar refractivity (Wildman–Crippen MR) is 83.4 cm³/mol. The van der Waals surface area contributed by atoms with E-state index in [-0.39, 0.29) is 0 Å². The predicted octanol–water partition coefficient (Wildman–Crippen LogP) is 2.22. The van der Waals surface area contributed by atoms with Gasteiger partial charge in [0.1, 0.15) is 0 Å². The van der Waals surface area contributed by atoms with Crippen molar-refractivity contribution < 1.29 is 8.42 Å². The van der Waals surface area contributed by atoms with E-state index in [1.165, 1.54) is 19.3 Å². The molecule has 1 aromatic carbocycles. The minimum absolute atomic E-state index is 0.433. The van der Waals surface area contributed by atoms with Gasteiger partial charge >= 0.3 is 0 Å². The van der Waals surface area contributed by atoms with E-state index >= 15 is 0 Å². The molecular weight excluding hydrogens is 284 g/mol. The molecule has 0 aromatic heterocycles. The summed E-state index contributed by atoms with van der Waals surface area (Å²) in [5.74, 6) is 1.18. The Morgan fingerprint density at radius 2 is 1.76 bits per heavy atom. The molecule has 1 aliphatic carbocycles. The van der Waals surface area contributed by atoms with Gasteiger partial charge in [0.15, 0.2) is 0 Å². The molecule has 4 nitrogen and oxygen atoms in total. The second-order valence-corrected chi connectivity index (χ2v) is 8.14. The minimum Gasteiger partial charge on any atom is -0.313 e. The van der Waals surface area contributed by atoms with Gasteiger partial charge in [0.25, 0.3) is 0 Å². The third-order valence-corrected chi connectivity index (χ3v) is 6.68. The van der Waals surface area contributed by atoms with Crippen LogP contribution in [-0.4, -0.2) is 32.4 Å². The number of nitrogens with zero attached hydrogens (tertiary/aromatic N) is 1. The third kappa shape index (κ3) is 3.00. The van der Waals surface area contributed by atoms with E-state index in [0.29, 0.717) is 29.8 Å². The van der Waals surface area contributed by atoms with Gasteiger partial charge in [-0.25, -0.2) is 8.42 Å². The molecule has 1 aromatic rings. The summed E-state index contributed by atoms with van der Waals surface area (Å²) in [6.07, 6.45) is 3.65. The molecule has 1 saturated heterocycles. The number of benzene rings is 1. The molecule has 2 aliphatic rings. The zero-order valence-corrected chi connectivity index (χ0v) is 13.4. The van der Waals surface area contributed by atoms with Crippen LogP contribution >= 0.6 is 0 Å². The lowest BCUT2D eigenvalue weighted by Gasteiger charge is -2.17. The SMILES string of the molecule is CCNCc1ccc(S(=O)(=O)N2CC3CCCC3C2)cc1. The normalized spacial score (nSPS) is 26.1. The standard InChI is InChI=1S/C16H24N2O2S/c1-2-17-10-13-6-8-16(9-7-13)21(19,20)18-11-14-4-3-5-15(14)12-18/h6-9,14-15,17H,2-5,10-12H2,1H3. The Morgan fingerprint density at radius 1 is 1.14 bits per heavy atom. The Hall–Kier alpha value is -0.910. The summed E-state index contributed by atoms with van der Waals surface area (Å²) in [6, 6.07) is 7.31. The van der Waals surface area contributed by atoms with Crippen LogP contribution in [0.25, 0.3) is 0 Å². The first-order chi connectivity index (χ1) is 10.1. The van der Waals surface area contributed by atoms with Gasteiger partial charge in [-0.15, -0.1) is 0 Å². The maximum absolute atomic E-state index is 12.7. The van der Waals surface area contributed by atoms with Crippen molar-refractivity contribution >= 4 is 10.0 Å². The molecule has 0 radical (unpaired) electrons. The molecule has 21 heavy (non-hydrogen) atoms. The van der Waals surface area contributed by atoms with Crippen LogP contribution in [0.3, 0.4) is 0 Å². The average Bonchev–Trinajstić information content (AvgIpc) is 3.07. The van der Waals surface area contributed by atoms with Crippen molar-refractivity contribution in [2.24, 2.45) is 11.8 Å². The molecule has 2 atom stereocenters. The van der Waals surface area contributed by atoms with Gasteiger partial charge < -0.3 is 5.32 Å². The summed E-state index contributed by atoms with van der Waals surface area (Å²) < 4.78 is 27.1. The van der Waals surface area contributed by atoms with Crippen molar-refractivity contribution in [2.45, 2.75) is 37.6 Å². The lowest BCUT2D eigenvalue weighted by molar-refractivity contribution is 0.445. The fourth-order valence-corrected chi connectivity index (χ4v) is 5.14. The lowest BCUT2D eigenvalue weighted by Crippen LogP contribution is -2.29. The molecule has 116 valence electrons. The second-order valence-electron chi connectivity index (χ2n) is 6.20. The molecule has 0 spiro atoms. The quantitative estimate of drug-likeness (QED) is 0.907. The molecule has 1 aliphatic heterocycles. The highest BCUT2D eigenvalue weighted by molar-refractivity contribution is 7.89. The Labute approximate surface area is 127 Å². The van der Waals surface area contributed by atoms with Crippen LogP contribution < -0.4 is 5.32 Å². The van der Waals surface area contributed by atoms with Gasteiger partial charge in [0, 0.05) is 19.6 Å². The van der Waals surface area contributed by atoms with Crippen molar-refractivity contribution in [3.8, 4) is 0 Å². The zero-order chi connectivity index (χ0) is 14.9. The van der Waals surface area contributed by atoms with Gasteiger partial charge in [0.2, 0.25) is 10.0 Å². The highest BCUT2D eigenvalue weighted by Gasteiger charge is 2.41. The Bertz CT molecular complexity index is 571. The van der Waals surface area contributed by atoms with Crippen LogP contribution in [-0.2, 0) is 16.6 Å². The van der Waals surface area contributed by atoms with Crippen molar-refractivity contribution in [3.05, 3.63) is 29.8 Å². The number of nitrogens with one attached hydrogen (secondary N) is 1. The van der Waals surface area contributed by atoms with Crippen molar-refractivity contribution in [1.29, 1.82) is 0 Å². The number of hydrogen-bond donors (Lipinski definition) is 1. The number of fused-ring (bicyclic) bond motifs is 1. The van der Waals surface area contributed by atoms with Gasteiger partial charge in [-0.2, -0.15) is 4.31 Å². The summed E-state index contributed by atoms with van der Waals surface area (Å²) in [7, 11) is -3.31. The fraction of sp³-hybridized carbons (Fsp3) is 0.625. The highest BCUT2D eigenvalue weighted by atomic mass is 32.2. The van der Waals surface area contributed by atoms with E-state index in [9.17, 15) is 8.42 Å². The molecule has 2 fully saturated rings.